The molecule has 3 heterocycles. The number of anilines is 1. The number of amides is 1. The number of nitrogens with zero attached hydrogens (tertiary/aromatic N) is 6. The molecule has 27 heavy (non-hydrogen) atoms. The van der Waals surface area contributed by atoms with E-state index >= 15 is 0 Å². The molecular formula is C19H23N7O. The number of hydrogen-bond acceptors (Lipinski definition) is 6. The maximum Gasteiger partial charge on any atom is 0.271 e. The highest BCUT2D eigenvalue weighted by Gasteiger charge is 2.22. The first-order valence-electron chi connectivity index (χ1n) is 9.06. The number of nitrogens with one attached hydrogen (secondary N) is 1. The molecule has 8 nitrogen and oxygen atoms in total. The van der Waals surface area contributed by atoms with Gasteiger partial charge in [-0.15, -0.1) is 0 Å². The van der Waals surface area contributed by atoms with Crippen LogP contribution in [0, 0.1) is 0 Å². The van der Waals surface area contributed by atoms with Crippen LogP contribution in [0.25, 0.3) is 11.0 Å². The molecule has 0 atom stereocenters. The van der Waals surface area contributed by atoms with E-state index in [1.165, 1.54) is 0 Å². The molecule has 0 aliphatic carbocycles. The smallest absolute Gasteiger partial charge is 0.271 e. The molecule has 0 spiro atoms. The van der Waals surface area contributed by atoms with Crippen molar-refractivity contribution in [3.8, 4) is 0 Å². The predicted molar refractivity (Wildman–Crippen MR) is 104 cm³/mol. The topological polar surface area (TPSA) is 79.2 Å². The Labute approximate surface area is 157 Å². The molecule has 0 fully saturated rings. The number of carbonyl (C=O) groups is 1. The van der Waals surface area contributed by atoms with Crippen LogP contribution in [-0.4, -0.2) is 64.3 Å². The predicted octanol–water partition coefficient (Wildman–Crippen LogP) is 1.14. The molecule has 140 valence electrons. The number of fused-ring (bicyclic) bond motifs is 2. The van der Waals surface area contributed by atoms with Crippen LogP contribution in [0.4, 0.5) is 5.82 Å². The van der Waals surface area contributed by atoms with E-state index in [4.69, 9.17) is 4.98 Å². The molecule has 8 heteroatoms. The zero-order valence-corrected chi connectivity index (χ0v) is 15.6. The number of rotatable bonds is 5. The van der Waals surface area contributed by atoms with Gasteiger partial charge in [0.15, 0.2) is 5.69 Å². The Bertz CT molecular complexity index is 966. The summed E-state index contributed by atoms with van der Waals surface area (Å²) in [4.78, 5) is 25.7. The maximum absolute atomic E-state index is 12.3. The van der Waals surface area contributed by atoms with Crippen molar-refractivity contribution in [2.24, 2.45) is 0 Å². The van der Waals surface area contributed by atoms with E-state index in [0.717, 1.165) is 42.2 Å². The minimum Gasteiger partial charge on any atom is -0.349 e. The number of likely N-dealkylation sites (N-methyl/N-ethyl adjacent to an activating group) is 1. The van der Waals surface area contributed by atoms with Crippen LogP contribution < -0.4 is 10.2 Å². The van der Waals surface area contributed by atoms with Crippen molar-refractivity contribution in [2.45, 2.75) is 13.1 Å². The van der Waals surface area contributed by atoms with Gasteiger partial charge in [0.05, 0.1) is 36.0 Å². The number of para-hydroxylation sites is 2. The first kappa shape index (κ1) is 17.4. The Balaban J connectivity index is 1.48. The number of benzene rings is 1. The van der Waals surface area contributed by atoms with Crippen LogP contribution >= 0.6 is 0 Å². The summed E-state index contributed by atoms with van der Waals surface area (Å²) in [5, 5.41) is 7.36. The molecule has 1 amide bonds. The lowest BCUT2D eigenvalue weighted by molar-refractivity contribution is 0.0945. The van der Waals surface area contributed by atoms with Crippen LogP contribution in [-0.2, 0) is 13.1 Å². The van der Waals surface area contributed by atoms with Crippen LogP contribution in [0.5, 0.6) is 0 Å². The van der Waals surface area contributed by atoms with Gasteiger partial charge in [-0.2, -0.15) is 5.10 Å². The second-order valence-corrected chi connectivity index (χ2v) is 6.94. The van der Waals surface area contributed by atoms with Gasteiger partial charge in [-0.1, -0.05) is 12.1 Å². The van der Waals surface area contributed by atoms with Crippen LogP contribution in [0.3, 0.4) is 0 Å². The van der Waals surface area contributed by atoms with Crippen molar-refractivity contribution in [1.29, 1.82) is 0 Å². The quantitative estimate of drug-likeness (QED) is 0.730. The van der Waals surface area contributed by atoms with E-state index < -0.39 is 0 Å². The standard InChI is InChI=1S/C19H23N7O/c1-24(2)8-7-20-19(27)17-11-14-13-25(9-10-26(14)23-17)18-12-21-15-5-3-4-6-16(15)22-18/h3-6,11-12H,7-10,13H2,1-2H3,(H,20,27). The molecule has 1 N–H and O–H groups in total. The lowest BCUT2D eigenvalue weighted by atomic mass is 10.2. The summed E-state index contributed by atoms with van der Waals surface area (Å²) in [7, 11) is 3.96. The maximum atomic E-state index is 12.3. The lowest BCUT2D eigenvalue weighted by Gasteiger charge is -2.28. The van der Waals surface area contributed by atoms with Gasteiger partial charge in [-0.05, 0) is 32.3 Å². The van der Waals surface area contributed by atoms with Crippen molar-refractivity contribution < 1.29 is 4.79 Å². The SMILES string of the molecule is CN(C)CCNC(=O)c1cc2n(n1)CCN(c1cnc3ccccc3n1)C2. The molecule has 1 aliphatic heterocycles. The van der Waals surface area contributed by atoms with E-state index in [1.807, 2.05) is 60.2 Å². The third-order valence-electron chi connectivity index (χ3n) is 4.63. The average molecular weight is 365 g/mol. The van der Waals surface area contributed by atoms with E-state index in [-0.39, 0.29) is 5.91 Å². The Morgan fingerprint density at radius 2 is 2.04 bits per heavy atom. The summed E-state index contributed by atoms with van der Waals surface area (Å²) in [6, 6.07) is 9.72. The lowest BCUT2D eigenvalue weighted by Crippen LogP contribution is -2.34. The monoisotopic (exact) mass is 365 g/mol. The molecule has 0 saturated carbocycles. The highest BCUT2D eigenvalue weighted by Crippen LogP contribution is 2.21. The summed E-state index contributed by atoms with van der Waals surface area (Å²) in [6.45, 7) is 3.56. The molecule has 0 saturated heterocycles. The van der Waals surface area contributed by atoms with E-state index in [9.17, 15) is 4.79 Å². The Morgan fingerprint density at radius 3 is 2.85 bits per heavy atom. The summed E-state index contributed by atoms with van der Waals surface area (Å²) >= 11 is 0. The number of aromatic nitrogens is 4. The zero-order valence-electron chi connectivity index (χ0n) is 15.6. The summed E-state index contributed by atoms with van der Waals surface area (Å²) in [5.41, 5.74) is 3.25. The number of carbonyl (C=O) groups excluding carboxylic acids is 1. The highest BCUT2D eigenvalue weighted by molar-refractivity contribution is 5.92. The fourth-order valence-corrected chi connectivity index (χ4v) is 3.16. The fraction of sp³-hybridized carbons (Fsp3) is 0.368. The minimum absolute atomic E-state index is 0.129. The summed E-state index contributed by atoms with van der Waals surface area (Å²) in [6.07, 6.45) is 1.81. The molecule has 2 aromatic heterocycles. The summed E-state index contributed by atoms with van der Waals surface area (Å²) in [5.74, 6) is 0.717. The minimum atomic E-state index is -0.129. The van der Waals surface area contributed by atoms with Crippen molar-refractivity contribution in [1.82, 2.24) is 30.0 Å². The molecule has 1 aliphatic rings. The molecule has 4 rings (SSSR count). The largest absolute Gasteiger partial charge is 0.349 e. The van der Waals surface area contributed by atoms with Crippen LogP contribution in [0.1, 0.15) is 16.2 Å². The van der Waals surface area contributed by atoms with Crippen molar-refractivity contribution >= 4 is 22.8 Å². The molecule has 0 unspecified atom stereocenters. The molecule has 1 aromatic carbocycles. The van der Waals surface area contributed by atoms with Gasteiger partial charge in [0.1, 0.15) is 5.82 Å². The highest BCUT2D eigenvalue weighted by atomic mass is 16.1. The Morgan fingerprint density at radius 1 is 1.22 bits per heavy atom. The van der Waals surface area contributed by atoms with Crippen LogP contribution in [0.15, 0.2) is 36.5 Å². The van der Waals surface area contributed by atoms with Gasteiger partial charge < -0.3 is 15.1 Å². The first-order valence-corrected chi connectivity index (χ1v) is 9.06. The Kier molecular flexibility index (Phi) is 4.72. The average Bonchev–Trinajstić information content (AvgIpc) is 3.10. The Hall–Kier alpha value is -3.00. The number of hydrogen-bond donors (Lipinski definition) is 1. The molecular weight excluding hydrogens is 342 g/mol. The van der Waals surface area contributed by atoms with Gasteiger partial charge in [0.25, 0.3) is 5.91 Å². The van der Waals surface area contributed by atoms with E-state index in [1.54, 1.807) is 0 Å². The molecule has 0 radical (unpaired) electrons. The van der Waals surface area contributed by atoms with E-state index in [0.29, 0.717) is 18.8 Å². The molecule has 0 bridgehead atoms. The second kappa shape index (κ2) is 7.32. The summed E-state index contributed by atoms with van der Waals surface area (Å²) < 4.78 is 1.91. The third kappa shape index (κ3) is 3.75. The zero-order chi connectivity index (χ0) is 18.8. The normalized spacial score (nSPS) is 13.8. The fourth-order valence-electron chi connectivity index (χ4n) is 3.16. The van der Waals surface area contributed by atoms with E-state index in [2.05, 4.69) is 20.3 Å². The van der Waals surface area contributed by atoms with Gasteiger partial charge in [0, 0.05) is 19.6 Å². The third-order valence-corrected chi connectivity index (χ3v) is 4.63. The van der Waals surface area contributed by atoms with Crippen LogP contribution in [0.2, 0.25) is 0 Å². The van der Waals surface area contributed by atoms with Gasteiger partial charge >= 0.3 is 0 Å². The second-order valence-electron chi connectivity index (χ2n) is 6.94. The molecule has 3 aromatic rings. The van der Waals surface area contributed by atoms with Crippen molar-refractivity contribution in [2.75, 3.05) is 38.6 Å². The first-order chi connectivity index (χ1) is 13.1. The van der Waals surface area contributed by atoms with Gasteiger partial charge in [-0.25, -0.2) is 4.98 Å². The van der Waals surface area contributed by atoms with Gasteiger partial charge in [0.2, 0.25) is 0 Å². The van der Waals surface area contributed by atoms with Crippen molar-refractivity contribution in [3.63, 3.8) is 0 Å². The van der Waals surface area contributed by atoms with Crippen molar-refractivity contribution in [3.05, 3.63) is 47.9 Å². The van der Waals surface area contributed by atoms with Gasteiger partial charge in [-0.3, -0.25) is 14.5 Å².